The maximum atomic E-state index is 11.3. The summed E-state index contributed by atoms with van der Waals surface area (Å²) in [5.41, 5.74) is 0.589. The first-order valence-corrected chi connectivity index (χ1v) is 5.72. The summed E-state index contributed by atoms with van der Waals surface area (Å²) in [5.74, 6) is 0. The van der Waals surface area contributed by atoms with Crippen LogP contribution in [0.3, 0.4) is 0 Å². The number of aromatic amines is 1. The van der Waals surface area contributed by atoms with Gasteiger partial charge in [-0.3, -0.25) is 14.7 Å². The van der Waals surface area contributed by atoms with Gasteiger partial charge in [0, 0.05) is 32.1 Å². The van der Waals surface area contributed by atoms with Gasteiger partial charge in [0.05, 0.1) is 26.0 Å². The molecule has 94 valence electrons. The van der Waals surface area contributed by atoms with Crippen LogP contribution >= 0.6 is 0 Å². The van der Waals surface area contributed by atoms with Gasteiger partial charge < -0.3 is 9.47 Å². The number of nitrogens with one attached hydrogen (secondary N) is 1. The molecule has 1 aromatic heterocycles. The lowest BCUT2D eigenvalue weighted by molar-refractivity contribution is 0.0383. The zero-order chi connectivity index (χ0) is 12.1. The molecule has 1 aliphatic heterocycles. The minimum Gasteiger partial charge on any atom is -0.468 e. The van der Waals surface area contributed by atoms with Gasteiger partial charge in [0.1, 0.15) is 0 Å². The van der Waals surface area contributed by atoms with Crippen molar-refractivity contribution >= 4 is 0 Å². The highest BCUT2D eigenvalue weighted by Crippen LogP contribution is 2.03. The molecule has 0 spiro atoms. The molecule has 17 heavy (non-hydrogen) atoms. The summed E-state index contributed by atoms with van der Waals surface area (Å²) >= 11 is 0. The second kappa shape index (κ2) is 5.79. The average molecular weight is 239 g/mol. The van der Waals surface area contributed by atoms with Gasteiger partial charge in [-0.1, -0.05) is 0 Å². The van der Waals surface area contributed by atoms with E-state index in [-0.39, 0.29) is 11.6 Å². The number of hydrogen-bond donors (Lipinski definition) is 1. The molecule has 0 unspecified atom stereocenters. The molecule has 1 aliphatic rings. The molecular formula is C11H17N3O3. The van der Waals surface area contributed by atoms with E-state index < -0.39 is 0 Å². The number of H-pyrrole nitrogens is 1. The predicted molar refractivity (Wildman–Crippen MR) is 62.4 cm³/mol. The quantitative estimate of drug-likeness (QED) is 0.778. The van der Waals surface area contributed by atoms with Crippen molar-refractivity contribution in [1.82, 2.24) is 14.9 Å². The Hall–Kier alpha value is -1.40. The number of hydrogen-bond acceptors (Lipinski definition) is 5. The summed E-state index contributed by atoms with van der Waals surface area (Å²) in [6.07, 6.45) is 0.750. The second-order valence-electron chi connectivity index (χ2n) is 3.95. The van der Waals surface area contributed by atoms with Crippen LogP contribution in [-0.4, -0.2) is 54.8 Å². The van der Waals surface area contributed by atoms with Crippen molar-refractivity contribution in [1.29, 1.82) is 0 Å². The number of ether oxygens (including phenoxy) is 2. The molecule has 0 saturated carbocycles. The Balaban J connectivity index is 1.93. The van der Waals surface area contributed by atoms with Gasteiger partial charge >= 0.3 is 0 Å². The summed E-state index contributed by atoms with van der Waals surface area (Å²) < 4.78 is 10.2. The van der Waals surface area contributed by atoms with Crippen molar-refractivity contribution in [3.05, 3.63) is 22.1 Å². The van der Waals surface area contributed by atoms with Crippen molar-refractivity contribution in [2.45, 2.75) is 6.42 Å². The van der Waals surface area contributed by atoms with Crippen LogP contribution in [0.5, 0.6) is 6.01 Å². The Labute approximate surface area is 99.6 Å². The molecule has 0 aromatic carbocycles. The van der Waals surface area contributed by atoms with E-state index >= 15 is 0 Å². The highest BCUT2D eigenvalue weighted by molar-refractivity contribution is 5.06. The van der Waals surface area contributed by atoms with E-state index in [1.165, 1.54) is 13.2 Å². The molecule has 2 heterocycles. The molecular weight excluding hydrogens is 222 g/mol. The van der Waals surface area contributed by atoms with Gasteiger partial charge in [-0.05, 0) is 0 Å². The fourth-order valence-electron chi connectivity index (χ4n) is 1.81. The average Bonchev–Trinajstić information content (AvgIpc) is 2.37. The first-order valence-electron chi connectivity index (χ1n) is 5.72. The maximum Gasteiger partial charge on any atom is 0.296 e. The van der Waals surface area contributed by atoms with E-state index in [2.05, 4.69) is 14.9 Å². The fraction of sp³-hybridized carbons (Fsp3) is 0.636. The van der Waals surface area contributed by atoms with Crippen molar-refractivity contribution in [2.75, 3.05) is 40.0 Å². The van der Waals surface area contributed by atoms with Crippen molar-refractivity contribution < 1.29 is 9.47 Å². The van der Waals surface area contributed by atoms with E-state index in [1.54, 1.807) is 0 Å². The Morgan fingerprint density at radius 1 is 1.53 bits per heavy atom. The molecule has 2 rings (SSSR count). The van der Waals surface area contributed by atoms with Crippen LogP contribution in [0.25, 0.3) is 0 Å². The molecule has 1 N–H and O–H groups in total. The third-order valence-electron chi connectivity index (χ3n) is 2.75. The smallest absolute Gasteiger partial charge is 0.296 e. The maximum absolute atomic E-state index is 11.3. The first kappa shape index (κ1) is 12.1. The molecule has 0 aliphatic carbocycles. The van der Waals surface area contributed by atoms with E-state index in [0.29, 0.717) is 0 Å². The minimum absolute atomic E-state index is 0.172. The van der Waals surface area contributed by atoms with Crippen molar-refractivity contribution in [3.63, 3.8) is 0 Å². The highest BCUT2D eigenvalue weighted by Gasteiger charge is 2.10. The summed E-state index contributed by atoms with van der Waals surface area (Å²) in [7, 11) is 1.49. The highest BCUT2D eigenvalue weighted by atomic mass is 16.5. The van der Waals surface area contributed by atoms with Gasteiger partial charge in [0.2, 0.25) is 0 Å². The Kier molecular flexibility index (Phi) is 4.11. The summed E-state index contributed by atoms with van der Waals surface area (Å²) in [4.78, 5) is 20.3. The predicted octanol–water partition coefficient (Wildman–Crippen LogP) is -0.347. The number of rotatable bonds is 4. The number of aromatic nitrogens is 2. The lowest BCUT2D eigenvalue weighted by atomic mass is 10.2. The Bertz CT molecular complexity index is 413. The standard InChI is InChI=1S/C11H17N3O3/c1-16-11-12-9(8-10(15)13-11)2-3-14-4-6-17-7-5-14/h8H,2-7H2,1H3,(H,12,13,15). The van der Waals surface area contributed by atoms with Gasteiger partial charge in [0.15, 0.2) is 0 Å². The molecule has 0 bridgehead atoms. The van der Waals surface area contributed by atoms with Crippen LogP contribution in [0.4, 0.5) is 0 Å². The Morgan fingerprint density at radius 3 is 3.00 bits per heavy atom. The number of morpholine rings is 1. The third-order valence-corrected chi connectivity index (χ3v) is 2.75. The largest absolute Gasteiger partial charge is 0.468 e. The van der Waals surface area contributed by atoms with Crippen molar-refractivity contribution in [3.8, 4) is 6.01 Å². The zero-order valence-electron chi connectivity index (χ0n) is 9.94. The second-order valence-corrected chi connectivity index (χ2v) is 3.95. The van der Waals surface area contributed by atoms with Gasteiger partial charge in [-0.15, -0.1) is 0 Å². The van der Waals surface area contributed by atoms with E-state index in [4.69, 9.17) is 9.47 Å². The van der Waals surface area contributed by atoms with Crippen LogP contribution in [0.1, 0.15) is 5.69 Å². The normalized spacial score (nSPS) is 17.0. The van der Waals surface area contributed by atoms with Gasteiger partial charge in [0.25, 0.3) is 11.6 Å². The van der Waals surface area contributed by atoms with Crippen LogP contribution < -0.4 is 10.3 Å². The lowest BCUT2D eigenvalue weighted by Crippen LogP contribution is -2.37. The molecule has 6 heteroatoms. The topological polar surface area (TPSA) is 67.5 Å². The van der Waals surface area contributed by atoms with Gasteiger partial charge in [-0.25, -0.2) is 4.98 Å². The molecule has 1 aromatic rings. The molecule has 0 atom stereocenters. The lowest BCUT2D eigenvalue weighted by Gasteiger charge is -2.26. The first-order chi connectivity index (χ1) is 8.28. The monoisotopic (exact) mass is 239 g/mol. The molecule has 1 saturated heterocycles. The van der Waals surface area contributed by atoms with E-state index in [0.717, 1.165) is 45.0 Å². The molecule has 1 fully saturated rings. The fourth-order valence-corrected chi connectivity index (χ4v) is 1.81. The zero-order valence-corrected chi connectivity index (χ0v) is 9.94. The molecule has 0 radical (unpaired) electrons. The molecule has 0 amide bonds. The number of nitrogens with zero attached hydrogens (tertiary/aromatic N) is 2. The van der Waals surface area contributed by atoms with E-state index in [9.17, 15) is 4.79 Å². The van der Waals surface area contributed by atoms with Crippen LogP contribution in [0.15, 0.2) is 10.9 Å². The van der Waals surface area contributed by atoms with E-state index in [1.807, 2.05) is 0 Å². The summed E-state index contributed by atoms with van der Waals surface area (Å²) in [6, 6.07) is 1.79. The number of methoxy groups -OCH3 is 1. The Morgan fingerprint density at radius 2 is 2.29 bits per heavy atom. The minimum atomic E-state index is -0.172. The summed E-state index contributed by atoms with van der Waals surface area (Å²) in [6.45, 7) is 4.35. The molecule has 6 nitrogen and oxygen atoms in total. The van der Waals surface area contributed by atoms with Crippen molar-refractivity contribution in [2.24, 2.45) is 0 Å². The summed E-state index contributed by atoms with van der Waals surface area (Å²) in [5, 5.41) is 0. The van der Waals surface area contributed by atoms with Crippen LogP contribution in [0, 0.1) is 0 Å². The van der Waals surface area contributed by atoms with Gasteiger partial charge in [-0.2, -0.15) is 0 Å². The van der Waals surface area contributed by atoms with Crippen LogP contribution in [0.2, 0.25) is 0 Å². The third kappa shape index (κ3) is 3.54. The SMILES string of the molecule is COc1nc(CCN2CCOCC2)cc(=O)[nH]1. The van der Waals surface area contributed by atoms with Crippen LogP contribution in [-0.2, 0) is 11.2 Å².